The van der Waals surface area contributed by atoms with Crippen LogP contribution in [0.15, 0.2) is 55.1 Å². The summed E-state index contributed by atoms with van der Waals surface area (Å²) in [6, 6.07) is 8.28. The maximum Gasteiger partial charge on any atom is 0.573 e. The average molecular weight is 516 g/mol. The van der Waals surface area contributed by atoms with Crippen LogP contribution in [0.3, 0.4) is 0 Å². The van der Waals surface area contributed by atoms with Gasteiger partial charge in [0.2, 0.25) is 5.95 Å². The minimum atomic E-state index is -5.00. The first-order valence-electron chi connectivity index (χ1n) is 11.0. The molecule has 5 rings (SSSR count). The van der Waals surface area contributed by atoms with E-state index in [4.69, 9.17) is 9.47 Å². The minimum Gasteiger partial charge on any atom is -0.494 e. The highest BCUT2D eigenvalue weighted by Gasteiger charge is 2.34. The van der Waals surface area contributed by atoms with Crippen molar-refractivity contribution in [3.05, 3.63) is 66.6 Å². The van der Waals surface area contributed by atoms with E-state index < -0.39 is 17.9 Å². The zero-order chi connectivity index (χ0) is 26.2. The van der Waals surface area contributed by atoms with Crippen molar-refractivity contribution in [1.29, 1.82) is 0 Å². The number of hydrogen-bond donors (Lipinski definition) is 1. The summed E-state index contributed by atoms with van der Waals surface area (Å²) in [6.07, 6.45) is -0.0623. The number of anilines is 4. The van der Waals surface area contributed by atoms with Gasteiger partial charge in [0.25, 0.3) is 0 Å². The van der Waals surface area contributed by atoms with E-state index in [9.17, 15) is 17.6 Å². The molecule has 0 aliphatic carbocycles. The number of ether oxygens (including phenoxy) is 3. The highest BCUT2D eigenvalue weighted by molar-refractivity contribution is 5.73. The van der Waals surface area contributed by atoms with Crippen LogP contribution in [0.5, 0.6) is 17.2 Å². The highest BCUT2D eigenvalue weighted by atomic mass is 19.4. The van der Waals surface area contributed by atoms with Crippen LogP contribution in [0, 0.1) is 12.7 Å². The number of aryl methyl sites for hydroxylation is 1. The van der Waals surface area contributed by atoms with Crippen LogP contribution < -0.4 is 24.4 Å². The lowest BCUT2D eigenvalue weighted by Crippen LogP contribution is -2.31. The molecule has 4 aromatic rings. The summed E-state index contributed by atoms with van der Waals surface area (Å²) in [6.45, 7) is 2.18. The first kappa shape index (κ1) is 24.2. The van der Waals surface area contributed by atoms with E-state index >= 15 is 0 Å². The number of halogens is 4. The normalized spacial score (nSPS) is 13.1. The van der Waals surface area contributed by atoms with Gasteiger partial charge >= 0.3 is 6.36 Å². The maximum absolute atomic E-state index is 13.8. The lowest BCUT2D eigenvalue weighted by molar-refractivity contribution is -0.274. The van der Waals surface area contributed by atoms with Crippen molar-refractivity contribution in [1.82, 2.24) is 19.5 Å². The zero-order valence-corrected chi connectivity index (χ0v) is 19.6. The molecule has 0 bridgehead atoms. The van der Waals surface area contributed by atoms with Gasteiger partial charge in [-0.3, -0.25) is 0 Å². The first-order chi connectivity index (χ1) is 17.7. The summed E-state index contributed by atoms with van der Waals surface area (Å²) in [7, 11) is 1.54. The topological polar surface area (TPSA) is 86.6 Å². The van der Waals surface area contributed by atoms with Crippen LogP contribution in [0.2, 0.25) is 0 Å². The molecule has 37 heavy (non-hydrogen) atoms. The van der Waals surface area contributed by atoms with Gasteiger partial charge in [-0.1, -0.05) is 0 Å². The van der Waals surface area contributed by atoms with Crippen LogP contribution >= 0.6 is 0 Å². The molecule has 0 unspecified atom stereocenters. The average Bonchev–Trinajstić information content (AvgIpc) is 3.29. The van der Waals surface area contributed by atoms with Gasteiger partial charge in [-0.05, 0) is 31.2 Å². The number of fused-ring (bicyclic) bond motifs is 1. The third-order valence-electron chi connectivity index (χ3n) is 5.43. The minimum absolute atomic E-state index is 0.0189. The molecular weight excluding hydrogens is 496 g/mol. The van der Waals surface area contributed by atoms with Gasteiger partial charge in [0.15, 0.2) is 17.3 Å². The molecule has 0 spiro atoms. The smallest absolute Gasteiger partial charge is 0.494 e. The van der Waals surface area contributed by atoms with Crippen LogP contribution in [0.25, 0.3) is 5.69 Å². The Morgan fingerprint density at radius 1 is 1.05 bits per heavy atom. The Morgan fingerprint density at radius 2 is 1.86 bits per heavy atom. The third-order valence-corrected chi connectivity index (χ3v) is 5.43. The Labute approximate surface area is 208 Å². The second-order valence-corrected chi connectivity index (χ2v) is 7.98. The number of hydrogen-bond acceptors (Lipinski definition) is 8. The lowest BCUT2D eigenvalue weighted by Gasteiger charge is -2.31. The Kier molecular flexibility index (Phi) is 6.19. The van der Waals surface area contributed by atoms with E-state index in [1.54, 1.807) is 25.6 Å². The van der Waals surface area contributed by atoms with Crippen molar-refractivity contribution in [3.63, 3.8) is 0 Å². The molecule has 1 aliphatic rings. The molecule has 0 amide bonds. The van der Waals surface area contributed by atoms with Crippen molar-refractivity contribution in [3.8, 4) is 22.9 Å². The van der Waals surface area contributed by atoms with E-state index in [2.05, 4.69) is 25.0 Å². The molecule has 192 valence electrons. The molecule has 1 N–H and O–H groups in total. The van der Waals surface area contributed by atoms with Crippen molar-refractivity contribution in [2.75, 3.05) is 30.5 Å². The van der Waals surface area contributed by atoms with Crippen LogP contribution in [-0.4, -0.2) is 46.1 Å². The Balaban J connectivity index is 1.47. The van der Waals surface area contributed by atoms with Gasteiger partial charge in [-0.15, -0.1) is 13.2 Å². The number of rotatable bonds is 6. The Morgan fingerprint density at radius 3 is 2.59 bits per heavy atom. The zero-order valence-electron chi connectivity index (χ0n) is 19.6. The second kappa shape index (κ2) is 9.48. The number of methoxy groups -OCH3 is 1. The van der Waals surface area contributed by atoms with Crippen molar-refractivity contribution >= 4 is 23.1 Å². The summed E-state index contributed by atoms with van der Waals surface area (Å²) < 4.78 is 69.7. The van der Waals surface area contributed by atoms with E-state index in [0.717, 1.165) is 17.4 Å². The van der Waals surface area contributed by atoms with Gasteiger partial charge in [0.1, 0.15) is 18.2 Å². The second-order valence-electron chi connectivity index (χ2n) is 7.98. The molecular formula is C24H20F4N6O3. The fourth-order valence-electron chi connectivity index (χ4n) is 3.87. The Bertz CT molecular complexity index is 1440. The molecule has 3 heterocycles. The number of aromatic nitrogens is 4. The van der Waals surface area contributed by atoms with Gasteiger partial charge in [0, 0.05) is 24.0 Å². The van der Waals surface area contributed by atoms with Crippen molar-refractivity contribution < 1.29 is 31.8 Å². The van der Waals surface area contributed by atoms with E-state index in [-0.39, 0.29) is 36.4 Å². The number of nitrogens with zero attached hydrogens (tertiary/aromatic N) is 5. The highest BCUT2D eigenvalue weighted by Crippen LogP contribution is 2.41. The van der Waals surface area contributed by atoms with E-state index in [1.165, 1.54) is 17.2 Å². The van der Waals surface area contributed by atoms with Crippen LogP contribution in [0.1, 0.15) is 5.69 Å². The number of benzene rings is 2. The molecule has 1 aliphatic heterocycles. The lowest BCUT2D eigenvalue weighted by atomic mass is 10.2. The summed E-state index contributed by atoms with van der Waals surface area (Å²) in [5.74, 6) is -0.399. The predicted octanol–water partition coefficient (Wildman–Crippen LogP) is 5.29. The molecule has 0 atom stereocenters. The molecule has 0 fully saturated rings. The molecule has 0 saturated carbocycles. The molecule has 2 aromatic carbocycles. The predicted molar refractivity (Wildman–Crippen MR) is 126 cm³/mol. The first-order valence-corrected chi connectivity index (χ1v) is 11.0. The maximum atomic E-state index is 13.8. The summed E-state index contributed by atoms with van der Waals surface area (Å²) >= 11 is 0. The van der Waals surface area contributed by atoms with Gasteiger partial charge in [0.05, 0.1) is 43.2 Å². The molecule has 9 nitrogen and oxygen atoms in total. The summed E-state index contributed by atoms with van der Waals surface area (Å²) in [4.78, 5) is 14.4. The van der Waals surface area contributed by atoms with Gasteiger partial charge in [-0.2, -0.15) is 4.98 Å². The third kappa shape index (κ3) is 5.20. The quantitative estimate of drug-likeness (QED) is 0.346. The Hall–Kier alpha value is -4.55. The summed E-state index contributed by atoms with van der Waals surface area (Å²) in [5, 5.41) is 3.07. The van der Waals surface area contributed by atoms with Crippen molar-refractivity contribution in [2.24, 2.45) is 0 Å². The molecule has 13 heteroatoms. The van der Waals surface area contributed by atoms with Gasteiger partial charge in [-0.25, -0.2) is 14.4 Å². The molecule has 2 aromatic heterocycles. The SMILES string of the molecule is COc1cc(Nc2ncc3c(n2)N(c2ccc(F)cc2OC(F)(F)F)CCO3)ccc1-n1cnc(C)c1. The van der Waals surface area contributed by atoms with Crippen LogP contribution in [-0.2, 0) is 0 Å². The molecule has 0 radical (unpaired) electrons. The van der Waals surface area contributed by atoms with E-state index in [0.29, 0.717) is 17.5 Å². The van der Waals surface area contributed by atoms with E-state index in [1.807, 2.05) is 23.8 Å². The van der Waals surface area contributed by atoms with Crippen LogP contribution in [0.4, 0.5) is 40.7 Å². The number of imidazole rings is 1. The standard InChI is InChI=1S/C24H20F4N6O3/c1-14-12-33(13-30-14)17-6-4-16(10-19(17)35-2)31-23-29-11-21-22(32-23)34(7-8-36-21)18-5-3-15(25)9-20(18)37-24(26,27)28/h3-6,9-13H,7-8H2,1-2H3,(H,29,31,32). The number of alkyl halides is 3. The molecule has 0 saturated heterocycles. The monoisotopic (exact) mass is 516 g/mol. The number of nitrogens with one attached hydrogen (secondary N) is 1. The summed E-state index contributed by atoms with van der Waals surface area (Å²) in [5.41, 5.74) is 2.20. The fourth-order valence-corrected chi connectivity index (χ4v) is 3.87. The van der Waals surface area contributed by atoms with Crippen molar-refractivity contribution in [2.45, 2.75) is 13.3 Å². The largest absolute Gasteiger partial charge is 0.573 e. The fraction of sp³-hybridized carbons (Fsp3) is 0.208. The van der Waals surface area contributed by atoms with Gasteiger partial charge < -0.3 is 29.0 Å².